The van der Waals surface area contributed by atoms with Crippen molar-refractivity contribution in [1.29, 1.82) is 0 Å². The molecule has 0 aliphatic carbocycles. The fourth-order valence-electron chi connectivity index (χ4n) is 2.06. The predicted molar refractivity (Wildman–Crippen MR) is 85.5 cm³/mol. The van der Waals surface area contributed by atoms with Crippen LogP contribution >= 0.6 is 15.9 Å². The lowest BCUT2D eigenvalue weighted by Crippen LogP contribution is -2.17. The minimum atomic E-state index is -3.91. The van der Waals surface area contributed by atoms with Gasteiger partial charge in [-0.15, -0.1) is 0 Å². The zero-order chi connectivity index (χ0) is 15.6. The van der Waals surface area contributed by atoms with Crippen molar-refractivity contribution < 1.29 is 17.4 Å². The second-order valence-electron chi connectivity index (χ2n) is 4.62. The Morgan fingerprint density at radius 2 is 1.91 bits per heavy atom. The Morgan fingerprint density at radius 1 is 1.14 bits per heavy atom. The Balaban J connectivity index is 1.90. The van der Waals surface area contributed by atoms with Crippen molar-refractivity contribution >= 4 is 31.8 Å². The summed E-state index contributed by atoms with van der Waals surface area (Å²) in [6, 6.07) is 13.4. The van der Waals surface area contributed by atoms with E-state index in [2.05, 4.69) is 21.1 Å². The molecule has 0 bridgehead atoms. The number of halogens is 1. The van der Waals surface area contributed by atoms with Gasteiger partial charge in [-0.1, -0.05) is 39.3 Å². The average molecular weight is 382 g/mol. The zero-order valence-corrected chi connectivity index (χ0v) is 13.8. The van der Waals surface area contributed by atoms with Crippen LogP contribution in [0, 0.1) is 0 Å². The molecule has 0 spiro atoms. The van der Waals surface area contributed by atoms with Crippen molar-refractivity contribution in [3.8, 4) is 5.75 Å². The summed E-state index contributed by atoms with van der Waals surface area (Å²) in [6.07, 6.45) is 0.480. The molecule has 114 valence electrons. The van der Waals surface area contributed by atoms with Gasteiger partial charge in [0.05, 0.1) is 12.3 Å². The van der Waals surface area contributed by atoms with Gasteiger partial charge in [-0.3, -0.25) is 4.28 Å². The van der Waals surface area contributed by atoms with Gasteiger partial charge >= 0.3 is 10.1 Å². The van der Waals surface area contributed by atoms with Crippen LogP contribution < -0.4 is 4.74 Å². The van der Waals surface area contributed by atoms with E-state index in [9.17, 15) is 8.42 Å². The second-order valence-corrected chi connectivity index (χ2v) is 7.06. The van der Waals surface area contributed by atoms with E-state index in [-0.39, 0.29) is 4.90 Å². The summed E-state index contributed by atoms with van der Waals surface area (Å²) in [7, 11) is -3.91. The zero-order valence-electron chi connectivity index (χ0n) is 11.4. The van der Waals surface area contributed by atoms with Crippen molar-refractivity contribution in [3.63, 3.8) is 0 Å². The molecule has 2 aromatic carbocycles. The molecule has 7 heteroatoms. The number of ether oxygens (including phenoxy) is 1. The first kappa shape index (κ1) is 15.1. The molecule has 1 aliphatic rings. The van der Waals surface area contributed by atoms with Crippen LogP contribution in [0.2, 0.25) is 0 Å². The fourth-order valence-corrected chi connectivity index (χ4v) is 3.19. The van der Waals surface area contributed by atoms with Gasteiger partial charge in [0.25, 0.3) is 0 Å². The van der Waals surface area contributed by atoms with E-state index in [4.69, 9.17) is 9.02 Å². The largest absolute Gasteiger partial charge is 0.492 e. The van der Waals surface area contributed by atoms with Gasteiger partial charge in [-0.05, 0) is 30.3 Å². The molecule has 1 aliphatic heterocycles. The van der Waals surface area contributed by atoms with Crippen LogP contribution in [0.15, 0.2) is 63.1 Å². The molecule has 5 nitrogen and oxygen atoms in total. The molecule has 0 atom stereocenters. The molecule has 0 radical (unpaired) electrons. The number of nitrogens with zero attached hydrogens (tertiary/aromatic N) is 1. The third-order valence-electron chi connectivity index (χ3n) is 3.13. The maximum absolute atomic E-state index is 12.1. The molecule has 0 aromatic heterocycles. The van der Waals surface area contributed by atoms with E-state index in [1.807, 2.05) is 12.1 Å². The molecule has 3 rings (SSSR count). The Labute approximate surface area is 136 Å². The van der Waals surface area contributed by atoms with E-state index in [0.717, 1.165) is 10.0 Å². The lowest BCUT2D eigenvalue weighted by molar-refractivity contribution is 0.308. The quantitative estimate of drug-likeness (QED) is 0.764. The third kappa shape index (κ3) is 3.15. The van der Waals surface area contributed by atoms with Gasteiger partial charge in [0.15, 0.2) is 0 Å². The lowest BCUT2D eigenvalue weighted by atomic mass is 10.0. The first-order valence-electron chi connectivity index (χ1n) is 6.54. The smallest absolute Gasteiger partial charge is 0.358 e. The van der Waals surface area contributed by atoms with Gasteiger partial charge in [0.2, 0.25) is 0 Å². The number of oxime groups is 1. The summed E-state index contributed by atoms with van der Waals surface area (Å²) < 4.78 is 35.4. The standard InChI is InChI=1S/C15H12BrNO4S/c16-11-6-7-15-13(10-11)14(8-9-20-15)17-21-22(18,19)12-4-2-1-3-5-12/h1-7,10H,8-9H2. The molecule has 22 heavy (non-hydrogen) atoms. The molecule has 0 fully saturated rings. The molecule has 0 amide bonds. The molecular formula is C15H12BrNO4S. The number of fused-ring (bicyclic) bond motifs is 1. The number of rotatable bonds is 3. The molecule has 0 N–H and O–H groups in total. The van der Waals surface area contributed by atoms with E-state index in [1.165, 1.54) is 12.1 Å². The van der Waals surface area contributed by atoms with Crippen LogP contribution in [0.3, 0.4) is 0 Å². The van der Waals surface area contributed by atoms with Gasteiger partial charge in [0.1, 0.15) is 10.6 Å². The minimum absolute atomic E-state index is 0.0703. The third-order valence-corrected chi connectivity index (χ3v) is 4.74. The van der Waals surface area contributed by atoms with Gasteiger partial charge in [-0.25, -0.2) is 0 Å². The molecular weight excluding hydrogens is 370 g/mol. The summed E-state index contributed by atoms with van der Waals surface area (Å²) in [5.41, 5.74) is 1.27. The normalized spacial score (nSPS) is 16.0. The van der Waals surface area contributed by atoms with E-state index < -0.39 is 10.1 Å². The Bertz CT molecular complexity index is 819. The maximum Gasteiger partial charge on any atom is 0.358 e. The Hall–Kier alpha value is -1.86. The van der Waals surface area contributed by atoms with Crippen LogP contribution in [-0.4, -0.2) is 20.7 Å². The SMILES string of the molecule is O=S(=O)(ON=C1CCOc2ccc(Br)cc21)c1ccccc1. The molecule has 0 saturated carbocycles. The summed E-state index contributed by atoms with van der Waals surface area (Å²) in [5, 5.41) is 3.84. The van der Waals surface area contributed by atoms with Crippen LogP contribution in [0.5, 0.6) is 5.75 Å². The molecule has 2 aromatic rings. The van der Waals surface area contributed by atoms with Crippen LogP contribution in [0.4, 0.5) is 0 Å². The van der Waals surface area contributed by atoms with Crippen molar-refractivity contribution in [3.05, 3.63) is 58.6 Å². The van der Waals surface area contributed by atoms with Crippen LogP contribution in [0.25, 0.3) is 0 Å². The van der Waals surface area contributed by atoms with Gasteiger partial charge in [-0.2, -0.15) is 8.42 Å². The second kappa shape index (κ2) is 6.10. The maximum atomic E-state index is 12.1. The minimum Gasteiger partial charge on any atom is -0.492 e. The lowest BCUT2D eigenvalue weighted by Gasteiger charge is -2.18. The Kier molecular flexibility index (Phi) is 4.17. The highest BCUT2D eigenvalue weighted by Gasteiger charge is 2.20. The predicted octanol–water partition coefficient (Wildman–Crippen LogP) is 3.34. The van der Waals surface area contributed by atoms with Crippen LogP contribution in [0.1, 0.15) is 12.0 Å². The van der Waals surface area contributed by atoms with Crippen molar-refractivity contribution in [2.24, 2.45) is 5.16 Å². The highest BCUT2D eigenvalue weighted by atomic mass is 79.9. The Morgan fingerprint density at radius 3 is 2.68 bits per heavy atom. The van der Waals surface area contributed by atoms with Gasteiger partial charge < -0.3 is 4.74 Å². The first-order valence-corrected chi connectivity index (χ1v) is 8.75. The highest BCUT2D eigenvalue weighted by molar-refractivity contribution is 9.10. The first-order chi connectivity index (χ1) is 10.6. The number of hydrogen-bond acceptors (Lipinski definition) is 5. The number of benzene rings is 2. The molecule has 0 unspecified atom stereocenters. The summed E-state index contributed by atoms with van der Waals surface area (Å²) >= 11 is 3.38. The monoisotopic (exact) mass is 381 g/mol. The number of hydrogen-bond donors (Lipinski definition) is 0. The molecule has 1 heterocycles. The van der Waals surface area contributed by atoms with Crippen LogP contribution in [-0.2, 0) is 14.4 Å². The van der Waals surface area contributed by atoms with Crippen molar-refractivity contribution in [2.45, 2.75) is 11.3 Å². The van der Waals surface area contributed by atoms with E-state index >= 15 is 0 Å². The summed E-state index contributed by atoms with van der Waals surface area (Å²) in [4.78, 5) is 0.0703. The topological polar surface area (TPSA) is 65.0 Å². The van der Waals surface area contributed by atoms with E-state index in [0.29, 0.717) is 24.5 Å². The van der Waals surface area contributed by atoms with Crippen molar-refractivity contribution in [1.82, 2.24) is 0 Å². The fraction of sp³-hybridized carbons (Fsp3) is 0.133. The average Bonchev–Trinajstić information content (AvgIpc) is 2.54. The van der Waals surface area contributed by atoms with Gasteiger partial charge in [0, 0.05) is 16.5 Å². The van der Waals surface area contributed by atoms with Crippen molar-refractivity contribution in [2.75, 3.05) is 6.61 Å². The summed E-state index contributed by atoms with van der Waals surface area (Å²) in [5.74, 6) is 0.661. The molecule has 0 saturated heterocycles. The van der Waals surface area contributed by atoms with E-state index in [1.54, 1.807) is 24.3 Å². The highest BCUT2D eigenvalue weighted by Crippen LogP contribution is 2.28. The summed E-state index contributed by atoms with van der Waals surface area (Å²) in [6.45, 7) is 0.433.